The molecule has 0 saturated carbocycles. The Hall–Kier alpha value is -5.12. The van der Waals surface area contributed by atoms with Crippen molar-refractivity contribution in [3.05, 3.63) is 96.1 Å². The summed E-state index contributed by atoms with van der Waals surface area (Å²) in [7, 11) is 3.02. The minimum atomic E-state index is 0. The summed E-state index contributed by atoms with van der Waals surface area (Å²) in [6, 6.07) is 25.9. The summed E-state index contributed by atoms with van der Waals surface area (Å²) in [4.78, 5) is 23.3. The first-order valence-corrected chi connectivity index (χ1v) is 12.3. The molecule has 1 radical (unpaired) electrons. The Labute approximate surface area is 245 Å². The first-order valence-electron chi connectivity index (χ1n) is 12.3. The van der Waals surface area contributed by atoms with Crippen molar-refractivity contribution in [2.24, 2.45) is 9.98 Å². The number of para-hydroxylation sites is 6. The van der Waals surface area contributed by atoms with Crippen molar-refractivity contribution in [2.75, 3.05) is 14.2 Å². The van der Waals surface area contributed by atoms with Crippen LogP contribution in [0.2, 0.25) is 0 Å². The Bertz CT molecular complexity index is 1630. The molecule has 6 aromatic rings. The molecule has 0 atom stereocenters. The largest absolute Gasteiger partial charge is 0.504 e. The van der Waals surface area contributed by atoms with Gasteiger partial charge in [-0.1, -0.05) is 36.4 Å². The minimum Gasteiger partial charge on any atom is -0.504 e. The fourth-order valence-corrected chi connectivity index (χ4v) is 3.88. The van der Waals surface area contributed by atoms with Crippen molar-refractivity contribution in [3.63, 3.8) is 0 Å². The quantitative estimate of drug-likeness (QED) is 0.136. The smallest absolute Gasteiger partial charge is 0.227 e. The van der Waals surface area contributed by atoms with Crippen LogP contribution < -0.4 is 9.47 Å². The molecule has 0 fully saturated rings. The van der Waals surface area contributed by atoms with Crippen LogP contribution in [0.25, 0.3) is 22.1 Å². The Kier molecular flexibility index (Phi) is 9.36. The summed E-state index contributed by atoms with van der Waals surface area (Å²) in [6.07, 6.45) is 3.10. The Morgan fingerprint density at radius 2 is 1.02 bits per heavy atom. The number of methoxy groups -OCH3 is 2. The van der Waals surface area contributed by atoms with Gasteiger partial charge in [0.05, 0.1) is 36.3 Å². The summed E-state index contributed by atoms with van der Waals surface area (Å²) in [5.74, 6) is 1.95. The number of aromatic nitrogens is 4. The second-order valence-corrected chi connectivity index (χ2v) is 8.47. The molecule has 6 rings (SSSR count). The molecule has 0 aliphatic heterocycles. The second kappa shape index (κ2) is 13.3. The van der Waals surface area contributed by atoms with E-state index in [1.807, 2.05) is 48.5 Å². The predicted octanol–water partition coefficient (Wildman–Crippen LogP) is 6.05. The number of rotatable bonds is 6. The maximum absolute atomic E-state index is 9.96. The molecule has 0 aliphatic rings. The van der Waals surface area contributed by atoms with Crippen LogP contribution in [0.3, 0.4) is 0 Å². The van der Waals surface area contributed by atoms with Gasteiger partial charge in [0.15, 0.2) is 23.0 Å². The molecule has 0 amide bonds. The average molecular weight is 598 g/mol. The fraction of sp³-hybridized carbons (Fsp3) is 0.0667. The summed E-state index contributed by atoms with van der Waals surface area (Å²) in [6.45, 7) is 0. The van der Waals surface area contributed by atoms with Gasteiger partial charge < -0.3 is 29.7 Å². The van der Waals surface area contributed by atoms with E-state index in [9.17, 15) is 10.2 Å². The SMILES string of the molecule is COc1cccc(/C=N/c2nc3ccccc3[nH]2)c1O.COc1cccc(/C=N/c2nc3ccccc3[nH]2)c1O.[Cu]. The van der Waals surface area contributed by atoms with E-state index in [1.165, 1.54) is 14.2 Å². The van der Waals surface area contributed by atoms with Crippen LogP contribution in [0.5, 0.6) is 23.0 Å². The molecule has 4 aromatic carbocycles. The Morgan fingerprint density at radius 1 is 0.610 bits per heavy atom. The molecule has 4 N–H and O–H groups in total. The molecule has 11 heteroatoms. The third-order valence-corrected chi connectivity index (χ3v) is 5.91. The van der Waals surface area contributed by atoms with Crippen LogP contribution in [0.15, 0.2) is 94.9 Å². The van der Waals surface area contributed by atoms with E-state index >= 15 is 0 Å². The predicted molar refractivity (Wildman–Crippen MR) is 156 cm³/mol. The number of H-pyrrole nitrogens is 2. The molecule has 0 unspecified atom stereocenters. The fourth-order valence-electron chi connectivity index (χ4n) is 3.88. The molecule has 41 heavy (non-hydrogen) atoms. The topological polar surface area (TPSA) is 141 Å². The van der Waals surface area contributed by atoms with Crippen LogP contribution in [0.1, 0.15) is 11.1 Å². The first-order chi connectivity index (χ1) is 19.6. The number of imidazole rings is 2. The number of phenols is 2. The number of aromatic amines is 2. The molecule has 0 saturated heterocycles. The van der Waals surface area contributed by atoms with Crippen LogP contribution in [0.4, 0.5) is 11.9 Å². The normalized spacial score (nSPS) is 11.0. The van der Waals surface area contributed by atoms with E-state index in [4.69, 9.17) is 9.47 Å². The van der Waals surface area contributed by atoms with Crippen LogP contribution >= 0.6 is 0 Å². The maximum Gasteiger partial charge on any atom is 0.227 e. The molecule has 0 aliphatic carbocycles. The van der Waals surface area contributed by atoms with Gasteiger partial charge in [0.25, 0.3) is 0 Å². The number of nitrogens with zero attached hydrogens (tertiary/aromatic N) is 4. The number of aliphatic imine (C=N–C) groups is 2. The number of ether oxygens (including phenoxy) is 2. The number of phenolic OH excluding ortho intramolecular Hbond substituents is 2. The van der Waals surface area contributed by atoms with Crippen molar-refractivity contribution >= 4 is 46.4 Å². The summed E-state index contributed by atoms with van der Waals surface area (Å²) >= 11 is 0. The van der Waals surface area contributed by atoms with E-state index in [0.717, 1.165) is 22.1 Å². The van der Waals surface area contributed by atoms with Gasteiger partial charge in [0.1, 0.15) is 0 Å². The van der Waals surface area contributed by atoms with Crippen molar-refractivity contribution in [1.82, 2.24) is 19.9 Å². The number of hydrogen-bond donors (Lipinski definition) is 4. The Balaban J connectivity index is 0.000000184. The van der Waals surface area contributed by atoms with Gasteiger partial charge in [0, 0.05) is 40.6 Å². The molecule has 0 spiro atoms. The van der Waals surface area contributed by atoms with Crippen LogP contribution in [0, 0.1) is 0 Å². The zero-order valence-electron chi connectivity index (χ0n) is 22.0. The van der Waals surface area contributed by atoms with Gasteiger partial charge in [-0.25, -0.2) is 20.0 Å². The average Bonchev–Trinajstić information content (AvgIpc) is 3.60. The van der Waals surface area contributed by atoms with Crippen molar-refractivity contribution < 1.29 is 36.8 Å². The zero-order valence-corrected chi connectivity index (χ0v) is 23.0. The summed E-state index contributed by atoms with van der Waals surface area (Å²) in [5.41, 5.74) is 4.71. The van der Waals surface area contributed by atoms with Crippen molar-refractivity contribution in [3.8, 4) is 23.0 Å². The zero-order chi connectivity index (χ0) is 27.9. The molecular formula is C30H26CuN6O4. The number of hydrogen-bond acceptors (Lipinski definition) is 8. The minimum absolute atomic E-state index is 0. The number of aromatic hydroxyl groups is 2. The third kappa shape index (κ3) is 6.73. The molecule has 0 bridgehead atoms. The third-order valence-electron chi connectivity index (χ3n) is 5.91. The van der Waals surface area contributed by atoms with E-state index in [1.54, 1.807) is 48.8 Å². The van der Waals surface area contributed by atoms with Gasteiger partial charge in [-0.2, -0.15) is 0 Å². The molecule has 2 heterocycles. The first kappa shape index (κ1) is 28.9. The molecular weight excluding hydrogens is 572 g/mol. The standard InChI is InChI=1S/2C15H13N3O2.Cu/c2*1-20-13-8-4-5-10(14(13)19)9-16-15-17-11-6-2-3-7-12(11)18-15;/h2*2-9,19H,1H3,(H,17,18);/b2*16-9+;. The summed E-state index contributed by atoms with van der Waals surface area (Å²) in [5, 5.41) is 19.9. The number of benzene rings is 4. The van der Waals surface area contributed by atoms with Gasteiger partial charge in [-0.05, 0) is 48.5 Å². The summed E-state index contributed by atoms with van der Waals surface area (Å²) < 4.78 is 10.1. The molecule has 211 valence electrons. The van der Waals surface area contributed by atoms with E-state index < -0.39 is 0 Å². The van der Waals surface area contributed by atoms with Gasteiger partial charge in [-0.15, -0.1) is 0 Å². The van der Waals surface area contributed by atoms with Crippen molar-refractivity contribution in [1.29, 1.82) is 0 Å². The van der Waals surface area contributed by atoms with E-state index in [0.29, 0.717) is 34.5 Å². The van der Waals surface area contributed by atoms with Gasteiger partial charge in [0.2, 0.25) is 11.9 Å². The molecule has 2 aromatic heterocycles. The van der Waals surface area contributed by atoms with E-state index in [-0.39, 0.29) is 28.6 Å². The van der Waals surface area contributed by atoms with E-state index in [2.05, 4.69) is 29.9 Å². The van der Waals surface area contributed by atoms with Crippen molar-refractivity contribution in [2.45, 2.75) is 0 Å². The van der Waals surface area contributed by atoms with Crippen LogP contribution in [-0.4, -0.2) is 56.8 Å². The number of nitrogens with one attached hydrogen (secondary N) is 2. The van der Waals surface area contributed by atoms with Gasteiger partial charge >= 0.3 is 0 Å². The monoisotopic (exact) mass is 597 g/mol. The number of fused-ring (bicyclic) bond motifs is 2. The van der Waals surface area contributed by atoms with Gasteiger partial charge in [-0.3, -0.25) is 0 Å². The second-order valence-electron chi connectivity index (χ2n) is 8.47. The maximum atomic E-state index is 9.96. The Morgan fingerprint density at radius 3 is 1.41 bits per heavy atom. The van der Waals surface area contributed by atoms with Crippen LogP contribution in [-0.2, 0) is 17.1 Å². The molecule has 10 nitrogen and oxygen atoms in total.